The third-order valence-electron chi connectivity index (χ3n) is 8.91. The van der Waals surface area contributed by atoms with Crippen molar-refractivity contribution in [2.45, 2.75) is 32.3 Å². The van der Waals surface area contributed by atoms with E-state index in [4.69, 9.17) is 9.47 Å². The van der Waals surface area contributed by atoms with Crippen LogP contribution >= 0.6 is 0 Å². The highest BCUT2D eigenvalue weighted by Gasteiger charge is 2.31. The van der Waals surface area contributed by atoms with Gasteiger partial charge in [-0.25, -0.2) is 4.39 Å². The molecule has 1 saturated heterocycles. The van der Waals surface area contributed by atoms with E-state index < -0.39 is 17.2 Å². The molecule has 2 N–H and O–H groups in total. The molecule has 3 aliphatic rings. The minimum absolute atomic E-state index is 0.0441. The monoisotopic (exact) mass is 611 g/mol. The molecule has 7 rings (SSSR count). The Balaban J connectivity index is 1.32. The number of fused-ring (bicyclic) bond motifs is 5. The summed E-state index contributed by atoms with van der Waals surface area (Å²) in [6.07, 6.45) is 5.60. The fourth-order valence-corrected chi connectivity index (χ4v) is 6.56. The summed E-state index contributed by atoms with van der Waals surface area (Å²) >= 11 is 0. The number of amides is 1. The number of nitrogens with zero attached hydrogens (tertiary/aromatic N) is 3. The van der Waals surface area contributed by atoms with E-state index in [-0.39, 0.29) is 22.4 Å². The Morgan fingerprint density at radius 2 is 1.84 bits per heavy atom. The number of halogens is 1. The molecule has 0 radical (unpaired) electrons. The molecular weight excluding hydrogens is 573 g/mol. The fourth-order valence-electron chi connectivity index (χ4n) is 6.56. The minimum Gasteiger partial charge on any atom is -0.488 e. The standard InChI is InChI=1S/C35H38FN5O4/c1-39(2)13-6-5-11-38-35(43)26-20-41-28-18-24-23-10-4-3-9-22(23)21-44-29(24)19-30(28)45-34-31(37-12-16-40-14-7-8-15-40)27(36)17-25(32(34)41)33(26)42/h3-4,9-10,17-20,37H,5-8,11-16,21H2,1-2H3,(H,38,43). The number of aromatic nitrogens is 1. The molecule has 10 heteroatoms. The van der Waals surface area contributed by atoms with Gasteiger partial charge < -0.3 is 34.5 Å². The number of hydrogen-bond donors (Lipinski definition) is 2. The van der Waals surface area contributed by atoms with Crippen molar-refractivity contribution in [1.29, 1.82) is 0 Å². The van der Waals surface area contributed by atoms with Gasteiger partial charge in [0.15, 0.2) is 17.3 Å². The second-order valence-corrected chi connectivity index (χ2v) is 12.3. The Bertz CT molecular complexity index is 1850. The average molecular weight is 612 g/mol. The van der Waals surface area contributed by atoms with Crippen molar-refractivity contribution in [2.75, 3.05) is 58.7 Å². The van der Waals surface area contributed by atoms with Gasteiger partial charge in [0.2, 0.25) is 5.43 Å². The number of benzene rings is 3. The fraction of sp³-hybridized carbons (Fsp3) is 0.371. The molecule has 0 aliphatic carbocycles. The number of hydrogen-bond acceptors (Lipinski definition) is 7. The molecule has 1 aromatic heterocycles. The number of ether oxygens (including phenoxy) is 2. The molecule has 45 heavy (non-hydrogen) atoms. The number of carbonyl (C=O) groups is 1. The molecule has 4 aromatic rings. The lowest BCUT2D eigenvalue weighted by Crippen LogP contribution is -2.31. The van der Waals surface area contributed by atoms with Crippen molar-refractivity contribution in [1.82, 2.24) is 19.7 Å². The van der Waals surface area contributed by atoms with Crippen LogP contribution in [0.2, 0.25) is 0 Å². The number of pyridine rings is 1. The molecule has 0 bridgehead atoms. The van der Waals surface area contributed by atoms with Crippen LogP contribution in [0.1, 0.15) is 41.6 Å². The highest BCUT2D eigenvalue weighted by atomic mass is 19.1. The van der Waals surface area contributed by atoms with Crippen LogP contribution in [0.3, 0.4) is 0 Å². The Labute approximate surface area is 261 Å². The molecule has 1 amide bonds. The van der Waals surface area contributed by atoms with Gasteiger partial charge in [0.05, 0.1) is 11.1 Å². The summed E-state index contributed by atoms with van der Waals surface area (Å²) in [5.41, 5.74) is 3.67. The minimum atomic E-state index is -0.601. The molecule has 0 unspecified atom stereocenters. The predicted octanol–water partition coefficient (Wildman–Crippen LogP) is 5.37. The maximum atomic E-state index is 15.9. The first-order chi connectivity index (χ1) is 21.9. The summed E-state index contributed by atoms with van der Waals surface area (Å²) < 4.78 is 30.2. The van der Waals surface area contributed by atoms with Gasteiger partial charge in [0, 0.05) is 37.5 Å². The summed E-state index contributed by atoms with van der Waals surface area (Å²) in [6, 6.07) is 13.1. The van der Waals surface area contributed by atoms with Crippen molar-refractivity contribution < 1.29 is 18.7 Å². The van der Waals surface area contributed by atoms with Crippen molar-refractivity contribution in [2.24, 2.45) is 0 Å². The zero-order valence-corrected chi connectivity index (χ0v) is 25.7. The van der Waals surface area contributed by atoms with Crippen LogP contribution < -0.4 is 25.5 Å². The van der Waals surface area contributed by atoms with Gasteiger partial charge in [-0.3, -0.25) is 9.59 Å². The van der Waals surface area contributed by atoms with E-state index in [9.17, 15) is 9.59 Å². The van der Waals surface area contributed by atoms with Gasteiger partial charge in [-0.05, 0) is 82.7 Å². The normalized spacial score (nSPS) is 14.8. The van der Waals surface area contributed by atoms with Gasteiger partial charge in [0.25, 0.3) is 5.91 Å². The lowest BCUT2D eigenvalue weighted by atomic mass is 9.95. The molecule has 0 saturated carbocycles. The third kappa shape index (κ3) is 5.53. The quantitative estimate of drug-likeness (QED) is 0.205. The Morgan fingerprint density at radius 1 is 1.02 bits per heavy atom. The molecule has 9 nitrogen and oxygen atoms in total. The van der Waals surface area contributed by atoms with Gasteiger partial charge in [-0.1, -0.05) is 24.3 Å². The van der Waals surface area contributed by atoms with E-state index in [1.807, 2.05) is 44.4 Å². The molecule has 3 aromatic carbocycles. The third-order valence-corrected chi connectivity index (χ3v) is 8.91. The van der Waals surface area contributed by atoms with E-state index in [1.165, 1.54) is 18.9 Å². The first-order valence-corrected chi connectivity index (χ1v) is 15.8. The number of anilines is 1. The predicted molar refractivity (Wildman–Crippen MR) is 174 cm³/mol. The SMILES string of the molecule is CN(C)CCCCNC(=O)c1cn2c3c(c(NCCN4CCCC4)c(F)cc3c1=O)Oc1cc3c(cc1-2)-c1ccccc1CO3. The maximum absolute atomic E-state index is 15.9. The Hall–Kier alpha value is -4.41. The van der Waals surface area contributed by atoms with E-state index in [1.54, 1.807) is 10.8 Å². The van der Waals surface area contributed by atoms with Crippen molar-refractivity contribution in [3.8, 4) is 34.1 Å². The second-order valence-electron chi connectivity index (χ2n) is 12.3. The van der Waals surface area contributed by atoms with Crippen molar-refractivity contribution in [3.63, 3.8) is 0 Å². The summed E-state index contributed by atoms with van der Waals surface area (Å²) in [5.74, 6) is 0.251. The number of carbonyl (C=O) groups excluding carboxylic acids is 1. The molecule has 0 atom stereocenters. The average Bonchev–Trinajstić information content (AvgIpc) is 3.56. The van der Waals surface area contributed by atoms with Gasteiger partial charge in [-0.15, -0.1) is 0 Å². The Morgan fingerprint density at radius 3 is 2.67 bits per heavy atom. The lowest BCUT2D eigenvalue weighted by Gasteiger charge is -2.29. The van der Waals surface area contributed by atoms with Crippen LogP contribution in [0.5, 0.6) is 17.2 Å². The largest absolute Gasteiger partial charge is 0.488 e. The summed E-state index contributed by atoms with van der Waals surface area (Å²) in [6.45, 7) is 5.13. The van der Waals surface area contributed by atoms with Gasteiger partial charge in [-0.2, -0.15) is 0 Å². The van der Waals surface area contributed by atoms with Crippen molar-refractivity contribution >= 4 is 22.5 Å². The molecule has 4 heterocycles. The van der Waals surface area contributed by atoms with Gasteiger partial charge >= 0.3 is 0 Å². The summed E-state index contributed by atoms with van der Waals surface area (Å²) in [7, 11) is 4.01. The molecular formula is C35H38FN5O4. The van der Waals surface area contributed by atoms with Crippen LogP contribution in [-0.4, -0.2) is 73.6 Å². The smallest absolute Gasteiger partial charge is 0.256 e. The van der Waals surface area contributed by atoms with Gasteiger partial charge in [0.1, 0.15) is 29.1 Å². The van der Waals surface area contributed by atoms with E-state index in [0.29, 0.717) is 42.4 Å². The van der Waals surface area contributed by atoms with Crippen LogP contribution in [0.4, 0.5) is 10.1 Å². The summed E-state index contributed by atoms with van der Waals surface area (Å²) in [4.78, 5) is 31.6. The number of unbranched alkanes of at least 4 members (excludes halogenated alkanes) is 1. The van der Waals surface area contributed by atoms with E-state index in [0.717, 1.165) is 55.7 Å². The number of rotatable bonds is 10. The zero-order chi connectivity index (χ0) is 31.1. The van der Waals surface area contributed by atoms with Crippen LogP contribution in [0.15, 0.2) is 53.5 Å². The number of nitrogens with one attached hydrogen (secondary N) is 2. The second kappa shape index (κ2) is 12.2. The Kier molecular flexibility index (Phi) is 7.93. The van der Waals surface area contributed by atoms with E-state index >= 15 is 4.39 Å². The maximum Gasteiger partial charge on any atom is 0.256 e. The molecule has 0 spiro atoms. The zero-order valence-electron chi connectivity index (χ0n) is 25.7. The lowest BCUT2D eigenvalue weighted by molar-refractivity contribution is 0.0951. The molecule has 1 fully saturated rings. The first-order valence-electron chi connectivity index (χ1n) is 15.8. The summed E-state index contributed by atoms with van der Waals surface area (Å²) in [5, 5.41) is 6.24. The topological polar surface area (TPSA) is 88.1 Å². The molecule has 234 valence electrons. The van der Waals surface area contributed by atoms with E-state index in [2.05, 4.69) is 26.5 Å². The highest BCUT2D eigenvalue weighted by Crippen LogP contribution is 2.49. The number of likely N-dealkylation sites (tertiary alicyclic amines) is 1. The van der Waals surface area contributed by atoms with Crippen LogP contribution in [0, 0.1) is 5.82 Å². The van der Waals surface area contributed by atoms with Crippen molar-refractivity contribution in [3.05, 3.63) is 75.8 Å². The van der Waals surface area contributed by atoms with Crippen LogP contribution in [0.25, 0.3) is 27.7 Å². The molecule has 3 aliphatic heterocycles. The highest BCUT2D eigenvalue weighted by molar-refractivity contribution is 6.01. The first kappa shape index (κ1) is 29.3. The van der Waals surface area contributed by atoms with Crippen LogP contribution in [-0.2, 0) is 6.61 Å².